The van der Waals surface area contributed by atoms with E-state index in [2.05, 4.69) is 31.7 Å². The van der Waals surface area contributed by atoms with Crippen LogP contribution in [0.2, 0.25) is 0 Å². The highest BCUT2D eigenvalue weighted by Crippen LogP contribution is 2.48. The largest absolute Gasteiger partial charge is 0.486 e. The molecule has 2 aromatic rings. The van der Waals surface area contributed by atoms with E-state index in [0.717, 1.165) is 28.5 Å². The van der Waals surface area contributed by atoms with Gasteiger partial charge in [0, 0.05) is 0 Å². The molecule has 0 radical (unpaired) electrons. The zero-order valence-corrected chi connectivity index (χ0v) is 18.5. The fourth-order valence-corrected chi connectivity index (χ4v) is 6.02. The Morgan fingerprint density at radius 1 is 1.00 bits per heavy atom. The number of fused-ring (bicyclic) bond motifs is 2. The summed E-state index contributed by atoms with van der Waals surface area (Å²) in [6, 6.07) is 10.1. The van der Waals surface area contributed by atoms with Crippen LogP contribution < -0.4 is 4.74 Å². The van der Waals surface area contributed by atoms with E-state index in [-0.39, 0.29) is 5.82 Å². The molecule has 0 saturated heterocycles. The molecule has 4 rings (SSSR count). The van der Waals surface area contributed by atoms with Gasteiger partial charge in [-0.1, -0.05) is 69.9 Å². The molecule has 4 unspecified atom stereocenters. The third-order valence-corrected chi connectivity index (χ3v) is 7.68. The van der Waals surface area contributed by atoms with Gasteiger partial charge in [0.15, 0.2) is 11.6 Å². The second-order valence-electron chi connectivity index (χ2n) is 9.69. The Morgan fingerprint density at radius 3 is 2.67 bits per heavy atom. The van der Waals surface area contributed by atoms with Crippen molar-refractivity contribution in [2.45, 2.75) is 77.0 Å². The first-order valence-corrected chi connectivity index (χ1v) is 12.1. The average Bonchev–Trinajstić information content (AvgIpc) is 2.77. The van der Waals surface area contributed by atoms with Crippen LogP contribution in [0.4, 0.5) is 4.39 Å². The van der Waals surface area contributed by atoms with Gasteiger partial charge in [-0.25, -0.2) is 4.39 Å². The van der Waals surface area contributed by atoms with Gasteiger partial charge in [-0.05, 0) is 84.2 Å². The van der Waals surface area contributed by atoms with Crippen LogP contribution >= 0.6 is 0 Å². The minimum atomic E-state index is -0.286. The number of benzene rings is 2. The number of halogens is 1. The molecule has 4 atom stereocenters. The zero-order valence-electron chi connectivity index (χ0n) is 18.5. The van der Waals surface area contributed by atoms with Gasteiger partial charge >= 0.3 is 0 Å². The Morgan fingerprint density at radius 2 is 1.83 bits per heavy atom. The van der Waals surface area contributed by atoms with E-state index in [4.69, 9.17) is 4.74 Å². The van der Waals surface area contributed by atoms with E-state index in [0.29, 0.717) is 18.3 Å². The maximum atomic E-state index is 14.4. The Hall–Kier alpha value is -1.83. The van der Waals surface area contributed by atoms with Crippen LogP contribution in [0.25, 0.3) is 10.8 Å². The minimum Gasteiger partial charge on any atom is -0.486 e. The molecule has 2 fully saturated rings. The second-order valence-corrected chi connectivity index (χ2v) is 9.69. The van der Waals surface area contributed by atoms with Gasteiger partial charge in [-0.15, -0.1) is 0 Å². The molecule has 0 aliphatic heterocycles. The van der Waals surface area contributed by atoms with Gasteiger partial charge in [-0.2, -0.15) is 0 Å². The van der Waals surface area contributed by atoms with Gasteiger partial charge < -0.3 is 4.74 Å². The summed E-state index contributed by atoms with van der Waals surface area (Å²) in [6.07, 6.45) is 15.6. The second kappa shape index (κ2) is 9.98. The van der Waals surface area contributed by atoms with Crippen molar-refractivity contribution in [1.82, 2.24) is 0 Å². The van der Waals surface area contributed by atoms with Gasteiger partial charge in [0.05, 0.1) is 0 Å². The molecule has 0 spiro atoms. The molecule has 2 aromatic carbocycles. The number of unbranched alkanes of at least 4 members (excludes halogenated alkanes) is 2. The smallest absolute Gasteiger partial charge is 0.165 e. The van der Waals surface area contributed by atoms with Crippen molar-refractivity contribution in [1.29, 1.82) is 0 Å². The highest BCUT2D eigenvalue weighted by molar-refractivity contribution is 5.84. The highest BCUT2D eigenvalue weighted by Gasteiger charge is 2.35. The Bertz CT molecular complexity index is 857. The lowest BCUT2D eigenvalue weighted by atomic mass is 9.63. The van der Waals surface area contributed by atoms with E-state index in [1.54, 1.807) is 12.1 Å². The third-order valence-electron chi connectivity index (χ3n) is 7.68. The van der Waals surface area contributed by atoms with Gasteiger partial charge in [0.1, 0.15) is 6.61 Å². The summed E-state index contributed by atoms with van der Waals surface area (Å²) in [5.41, 5.74) is 1.39. The quantitative estimate of drug-likeness (QED) is 0.314. The molecule has 2 aliphatic carbocycles. The number of rotatable bonds is 8. The number of ether oxygens (including phenoxy) is 1. The number of hydrogen-bond donors (Lipinski definition) is 0. The predicted molar refractivity (Wildman–Crippen MR) is 125 cm³/mol. The van der Waals surface area contributed by atoms with Crippen molar-refractivity contribution in [3.05, 3.63) is 54.4 Å². The lowest BCUT2D eigenvalue weighted by Gasteiger charge is -2.42. The first-order valence-electron chi connectivity index (χ1n) is 12.1. The van der Waals surface area contributed by atoms with Crippen LogP contribution in [0.1, 0.15) is 82.6 Å². The van der Waals surface area contributed by atoms with E-state index >= 15 is 0 Å². The Kier molecular flexibility index (Phi) is 7.12. The maximum absolute atomic E-state index is 14.4. The predicted octanol–water partition coefficient (Wildman–Crippen LogP) is 8.42. The summed E-state index contributed by atoms with van der Waals surface area (Å²) in [7, 11) is 0. The lowest BCUT2D eigenvalue weighted by Crippen LogP contribution is -2.30. The molecule has 1 nitrogen and oxygen atoms in total. The monoisotopic (exact) mass is 408 g/mol. The van der Waals surface area contributed by atoms with Crippen molar-refractivity contribution < 1.29 is 9.13 Å². The van der Waals surface area contributed by atoms with E-state index in [9.17, 15) is 4.39 Å². The first-order chi connectivity index (χ1) is 14.7. The Balaban J connectivity index is 1.41. The van der Waals surface area contributed by atoms with Crippen LogP contribution in [0.5, 0.6) is 5.75 Å². The molecule has 0 bridgehead atoms. The van der Waals surface area contributed by atoms with Crippen molar-refractivity contribution in [2.75, 3.05) is 6.61 Å². The standard InChI is InChI=1S/C28H37FO/c1-3-5-6-7-20-8-9-22-16-23(11-10-21(22)15-20)24-12-13-25-19-28(30-14-4-2)27(29)18-26(25)17-24/h4,12-13,17-23H,2-3,5-11,14-16H2,1H3. The summed E-state index contributed by atoms with van der Waals surface area (Å²) in [4.78, 5) is 0. The molecular formula is C28H37FO. The van der Waals surface area contributed by atoms with Crippen molar-refractivity contribution >= 4 is 10.8 Å². The SMILES string of the molecule is C=CCOc1cc2ccc(C3CCC4CC(CCCCC)CCC4C3)cc2cc1F. The van der Waals surface area contributed by atoms with Crippen molar-refractivity contribution in [3.63, 3.8) is 0 Å². The molecule has 0 aromatic heterocycles. The molecule has 30 heavy (non-hydrogen) atoms. The van der Waals surface area contributed by atoms with Crippen molar-refractivity contribution in [2.24, 2.45) is 17.8 Å². The van der Waals surface area contributed by atoms with Crippen LogP contribution in [0, 0.1) is 23.6 Å². The first kappa shape index (κ1) is 21.4. The topological polar surface area (TPSA) is 9.23 Å². The summed E-state index contributed by atoms with van der Waals surface area (Å²) in [5.74, 6) is 3.48. The zero-order chi connectivity index (χ0) is 20.9. The van der Waals surface area contributed by atoms with E-state index < -0.39 is 0 Å². The summed E-state index contributed by atoms with van der Waals surface area (Å²) < 4.78 is 19.9. The van der Waals surface area contributed by atoms with Gasteiger partial charge in [0.25, 0.3) is 0 Å². The van der Waals surface area contributed by atoms with Gasteiger partial charge in [-0.3, -0.25) is 0 Å². The number of hydrogen-bond acceptors (Lipinski definition) is 1. The molecule has 2 heteroatoms. The normalized spacial score (nSPS) is 26.3. The molecule has 0 N–H and O–H groups in total. The minimum absolute atomic E-state index is 0.286. The van der Waals surface area contributed by atoms with E-state index in [1.165, 1.54) is 69.8 Å². The van der Waals surface area contributed by atoms with Crippen LogP contribution in [0.15, 0.2) is 43.0 Å². The summed E-state index contributed by atoms with van der Waals surface area (Å²) in [6.45, 7) is 6.26. The summed E-state index contributed by atoms with van der Waals surface area (Å²) in [5, 5.41) is 2.03. The highest BCUT2D eigenvalue weighted by atomic mass is 19.1. The molecule has 2 aliphatic rings. The lowest BCUT2D eigenvalue weighted by molar-refractivity contribution is 0.113. The Labute approximate surface area is 181 Å². The molecule has 0 amide bonds. The summed E-state index contributed by atoms with van der Waals surface area (Å²) >= 11 is 0. The van der Waals surface area contributed by atoms with E-state index in [1.807, 2.05) is 6.07 Å². The fraction of sp³-hybridized carbons (Fsp3) is 0.571. The maximum Gasteiger partial charge on any atom is 0.165 e. The average molecular weight is 409 g/mol. The molecule has 162 valence electrons. The van der Waals surface area contributed by atoms with Crippen LogP contribution in [0.3, 0.4) is 0 Å². The third kappa shape index (κ3) is 4.90. The van der Waals surface area contributed by atoms with Crippen molar-refractivity contribution in [3.8, 4) is 5.75 Å². The molecular weight excluding hydrogens is 371 g/mol. The molecule has 2 saturated carbocycles. The van der Waals surface area contributed by atoms with Crippen LogP contribution in [-0.4, -0.2) is 6.61 Å². The molecule has 0 heterocycles. The fourth-order valence-electron chi connectivity index (χ4n) is 6.02. The van der Waals surface area contributed by atoms with Crippen LogP contribution in [-0.2, 0) is 0 Å². The van der Waals surface area contributed by atoms with Gasteiger partial charge in [0.2, 0.25) is 0 Å².